The van der Waals surface area contributed by atoms with E-state index in [-0.39, 0.29) is 0 Å². The molecule has 1 fully saturated rings. The molecule has 1 heterocycles. The van der Waals surface area contributed by atoms with E-state index in [2.05, 4.69) is 0 Å². The Morgan fingerprint density at radius 3 is 2.67 bits per heavy atom. The van der Waals surface area contributed by atoms with Crippen LogP contribution in [0.4, 0.5) is 5.69 Å². The Hall–Kier alpha value is -1.22. The van der Waals surface area contributed by atoms with Crippen molar-refractivity contribution < 1.29 is 9.47 Å². The molecule has 2 rings (SSSR count). The van der Waals surface area contributed by atoms with Crippen LogP contribution in [0.3, 0.4) is 0 Å². The van der Waals surface area contributed by atoms with E-state index in [9.17, 15) is 0 Å². The molecule has 1 aliphatic heterocycles. The van der Waals surface area contributed by atoms with E-state index >= 15 is 0 Å². The smallest absolute Gasteiger partial charge is 0.119 e. The average molecular weight is 165 g/mol. The second kappa shape index (κ2) is 3.03. The Labute approximate surface area is 71.1 Å². The van der Waals surface area contributed by atoms with Gasteiger partial charge in [0.05, 0.1) is 6.61 Å². The van der Waals surface area contributed by atoms with Gasteiger partial charge in [-0.3, -0.25) is 0 Å². The summed E-state index contributed by atoms with van der Waals surface area (Å²) in [6.45, 7) is 1.47. The number of hydrogen-bond donors (Lipinski definition) is 1. The molecule has 0 aliphatic carbocycles. The maximum absolute atomic E-state index is 5.51. The van der Waals surface area contributed by atoms with Gasteiger partial charge in [0.15, 0.2) is 0 Å². The molecule has 0 radical (unpaired) electrons. The van der Waals surface area contributed by atoms with Crippen LogP contribution in [0.1, 0.15) is 0 Å². The van der Waals surface area contributed by atoms with Crippen LogP contribution in [0.2, 0.25) is 0 Å². The van der Waals surface area contributed by atoms with Crippen molar-refractivity contribution in [2.75, 3.05) is 18.9 Å². The minimum atomic E-state index is 0.308. The predicted octanol–water partition coefficient (Wildman–Crippen LogP) is 1.05. The molecule has 0 amide bonds. The summed E-state index contributed by atoms with van der Waals surface area (Å²) in [6, 6.07) is 7.36. The highest BCUT2D eigenvalue weighted by Gasteiger charge is 2.22. The standard InChI is InChI=1S/C9H11NO2/c10-7-1-3-8(4-2-7)11-5-9-6-12-9/h1-4,9H,5-6,10H2. The van der Waals surface area contributed by atoms with Gasteiger partial charge in [-0.25, -0.2) is 0 Å². The molecule has 1 unspecified atom stereocenters. The molecular formula is C9H11NO2. The van der Waals surface area contributed by atoms with Crippen molar-refractivity contribution >= 4 is 5.69 Å². The van der Waals surface area contributed by atoms with Crippen molar-refractivity contribution in [1.29, 1.82) is 0 Å². The third-order valence-corrected chi connectivity index (χ3v) is 1.72. The van der Waals surface area contributed by atoms with E-state index in [0.717, 1.165) is 18.0 Å². The fourth-order valence-electron chi connectivity index (χ4n) is 0.917. The Bertz CT molecular complexity index is 254. The Morgan fingerprint density at radius 1 is 1.42 bits per heavy atom. The van der Waals surface area contributed by atoms with Crippen molar-refractivity contribution in [2.24, 2.45) is 0 Å². The van der Waals surface area contributed by atoms with Gasteiger partial charge in [0.25, 0.3) is 0 Å². The van der Waals surface area contributed by atoms with Crippen LogP contribution >= 0.6 is 0 Å². The van der Waals surface area contributed by atoms with Crippen molar-refractivity contribution in [1.82, 2.24) is 0 Å². The largest absolute Gasteiger partial charge is 0.491 e. The van der Waals surface area contributed by atoms with E-state index < -0.39 is 0 Å². The fraction of sp³-hybridized carbons (Fsp3) is 0.333. The Kier molecular flexibility index (Phi) is 1.87. The van der Waals surface area contributed by atoms with Crippen LogP contribution in [-0.4, -0.2) is 19.3 Å². The van der Waals surface area contributed by atoms with Gasteiger partial charge in [0.2, 0.25) is 0 Å². The van der Waals surface area contributed by atoms with E-state index in [1.807, 2.05) is 24.3 Å². The summed E-state index contributed by atoms with van der Waals surface area (Å²) in [6.07, 6.45) is 0.308. The highest BCUT2D eigenvalue weighted by Crippen LogP contribution is 2.16. The quantitative estimate of drug-likeness (QED) is 0.538. The van der Waals surface area contributed by atoms with Gasteiger partial charge in [0, 0.05) is 5.69 Å². The zero-order valence-electron chi connectivity index (χ0n) is 6.69. The van der Waals surface area contributed by atoms with E-state index in [1.165, 1.54) is 0 Å². The van der Waals surface area contributed by atoms with Gasteiger partial charge in [-0.2, -0.15) is 0 Å². The summed E-state index contributed by atoms with van der Waals surface area (Å²) in [5, 5.41) is 0. The molecule has 2 N–H and O–H groups in total. The molecule has 0 aromatic heterocycles. The molecule has 3 heteroatoms. The molecule has 1 aromatic carbocycles. The topological polar surface area (TPSA) is 47.8 Å². The summed E-state index contributed by atoms with van der Waals surface area (Å²) in [5.74, 6) is 0.847. The first-order valence-corrected chi connectivity index (χ1v) is 3.94. The monoisotopic (exact) mass is 165 g/mol. The SMILES string of the molecule is Nc1ccc(OCC2CO2)cc1. The number of anilines is 1. The summed E-state index contributed by atoms with van der Waals surface area (Å²) in [7, 11) is 0. The lowest BCUT2D eigenvalue weighted by molar-refractivity contribution is 0.263. The van der Waals surface area contributed by atoms with Crippen LogP contribution in [0.25, 0.3) is 0 Å². The van der Waals surface area contributed by atoms with Gasteiger partial charge >= 0.3 is 0 Å². The first-order chi connectivity index (χ1) is 5.84. The van der Waals surface area contributed by atoms with Crippen LogP contribution < -0.4 is 10.5 Å². The van der Waals surface area contributed by atoms with Crippen LogP contribution in [0.15, 0.2) is 24.3 Å². The second-order valence-electron chi connectivity index (χ2n) is 2.84. The van der Waals surface area contributed by atoms with Gasteiger partial charge < -0.3 is 15.2 Å². The number of nitrogens with two attached hydrogens (primary N) is 1. The van der Waals surface area contributed by atoms with Gasteiger partial charge in [-0.1, -0.05) is 0 Å². The van der Waals surface area contributed by atoms with Gasteiger partial charge in [-0.05, 0) is 24.3 Å². The maximum atomic E-state index is 5.51. The summed E-state index contributed by atoms with van der Waals surface area (Å²) < 4.78 is 10.4. The van der Waals surface area contributed by atoms with E-state index in [1.54, 1.807) is 0 Å². The number of epoxide rings is 1. The molecule has 0 spiro atoms. The molecule has 1 atom stereocenters. The number of ether oxygens (including phenoxy) is 2. The van der Waals surface area contributed by atoms with Crippen molar-refractivity contribution in [3.63, 3.8) is 0 Å². The molecule has 1 aliphatic rings. The van der Waals surface area contributed by atoms with E-state index in [4.69, 9.17) is 15.2 Å². The third-order valence-electron chi connectivity index (χ3n) is 1.72. The third kappa shape index (κ3) is 1.89. The number of nitrogen functional groups attached to an aromatic ring is 1. The van der Waals surface area contributed by atoms with Crippen molar-refractivity contribution in [3.05, 3.63) is 24.3 Å². The lowest BCUT2D eigenvalue weighted by Crippen LogP contribution is -2.03. The number of benzene rings is 1. The highest BCUT2D eigenvalue weighted by molar-refractivity contribution is 5.41. The second-order valence-corrected chi connectivity index (χ2v) is 2.84. The normalized spacial score (nSPS) is 20.5. The average Bonchev–Trinajstić information content (AvgIpc) is 2.87. The van der Waals surface area contributed by atoms with Crippen molar-refractivity contribution in [3.8, 4) is 5.75 Å². The Morgan fingerprint density at radius 2 is 2.08 bits per heavy atom. The molecule has 0 bridgehead atoms. The van der Waals surface area contributed by atoms with Crippen molar-refractivity contribution in [2.45, 2.75) is 6.10 Å². The lowest BCUT2D eigenvalue weighted by atomic mass is 10.3. The predicted molar refractivity (Wildman–Crippen MR) is 46.1 cm³/mol. The molecule has 64 valence electrons. The fourth-order valence-corrected chi connectivity index (χ4v) is 0.917. The summed E-state index contributed by atoms with van der Waals surface area (Å²) in [4.78, 5) is 0. The first kappa shape index (κ1) is 7.43. The number of rotatable bonds is 3. The van der Waals surface area contributed by atoms with E-state index in [0.29, 0.717) is 12.7 Å². The van der Waals surface area contributed by atoms with Gasteiger partial charge in [0.1, 0.15) is 18.5 Å². The maximum Gasteiger partial charge on any atom is 0.119 e. The van der Waals surface area contributed by atoms with Gasteiger partial charge in [-0.15, -0.1) is 0 Å². The van der Waals surface area contributed by atoms with Crippen LogP contribution in [0.5, 0.6) is 5.75 Å². The molecule has 1 aromatic rings. The molecule has 1 saturated heterocycles. The minimum absolute atomic E-state index is 0.308. The van der Waals surface area contributed by atoms with Crippen LogP contribution in [0, 0.1) is 0 Å². The molecule has 3 nitrogen and oxygen atoms in total. The number of hydrogen-bond acceptors (Lipinski definition) is 3. The zero-order chi connectivity index (χ0) is 8.39. The highest BCUT2D eigenvalue weighted by atomic mass is 16.6. The zero-order valence-corrected chi connectivity index (χ0v) is 6.69. The van der Waals surface area contributed by atoms with Crippen LogP contribution in [-0.2, 0) is 4.74 Å². The molecule has 0 saturated carbocycles. The Balaban J connectivity index is 1.89. The summed E-state index contributed by atoms with van der Waals surface area (Å²) >= 11 is 0. The molecule has 12 heavy (non-hydrogen) atoms. The lowest BCUT2D eigenvalue weighted by Gasteiger charge is -2.03. The first-order valence-electron chi connectivity index (χ1n) is 3.94. The summed E-state index contributed by atoms with van der Waals surface area (Å²) in [5.41, 5.74) is 6.27. The minimum Gasteiger partial charge on any atom is -0.491 e. The molecular weight excluding hydrogens is 154 g/mol.